The second kappa shape index (κ2) is 7.14. The molecule has 0 spiro atoms. The van der Waals surface area contributed by atoms with E-state index in [0.717, 1.165) is 16.7 Å². The molecule has 1 aromatic carbocycles. The van der Waals surface area contributed by atoms with Crippen molar-refractivity contribution in [1.82, 2.24) is 19.5 Å². The Balaban J connectivity index is 2.07. The summed E-state index contributed by atoms with van der Waals surface area (Å²) in [5, 5.41) is 8.80. The zero-order valence-electron chi connectivity index (χ0n) is 15.0. The highest BCUT2D eigenvalue weighted by Crippen LogP contribution is 2.33. The SMILES string of the molecule is Cc1cc(/C=C/C#N)cc(C)c1Oc1nc(Cl)nc2c1ncn2C(C)C. The maximum Gasteiger partial charge on any atom is 0.252 e. The Bertz CT molecular complexity index is 1020. The second-order valence-corrected chi connectivity index (χ2v) is 6.60. The van der Waals surface area contributed by atoms with Crippen LogP contribution in [0, 0.1) is 25.2 Å². The molecule has 6 nitrogen and oxygen atoms in total. The lowest BCUT2D eigenvalue weighted by Gasteiger charge is -2.13. The zero-order chi connectivity index (χ0) is 18.8. The molecule has 0 amide bonds. The first-order chi connectivity index (χ1) is 12.4. The third kappa shape index (κ3) is 3.39. The first kappa shape index (κ1) is 17.9. The normalized spacial score (nSPS) is 11.4. The molecule has 3 aromatic rings. The number of benzene rings is 1. The minimum Gasteiger partial charge on any atom is -0.436 e. The van der Waals surface area contributed by atoms with Gasteiger partial charge in [-0.25, -0.2) is 4.98 Å². The van der Waals surface area contributed by atoms with Gasteiger partial charge < -0.3 is 9.30 Å². The largest absolute Gasteiger partial charge is 0.436 e. The fourth-order valence-electron chi connectivity index (χ4n) is 2.79. The number of aryl methyl sites for hydroxylation is 2. The van der Waals surface area contributed by atoms with E-state index in [4.69, 9.17) is 21.6 Å². The van der Waals surface area contributed by atoms with Crippen LogP contribution in [0.15, 0.2) is 24.5 Å². The van der Waals surface area contributed by atoms with Gasteiger partial charge in [0.05, 0.1) is 12.4 Å². The molecule has 3 rings (SSSR count). The summed E-state index contributed by atoms with van der Waals surface area (Å²) in [6, 6.07) is 6.08. The van der Waals surface area contributed by atoms with Crippen molar-refractivity contribution in [1.29, 1.82) is 5.26 Å². The molecule has 0 aliphatic heterocycles. The van der Waals surface area contributed by atoms with Crippen molar-refractivity contribution >= 4 is 28.8 Å². The van der Waals surface area contributed by atoms with E-state index in [1.54, 1.807) is 12.4 Å². The maximum absolute atomic E-state index is 8.69. The molecule has 0 fully saturated rings. The first-order valence-electron chi connectivity index (χ1n) is 8.16. The third-order valence-corrected chi connectivity index (χ3v) is 4.12. The van der Waals surface area contributed by atoms with Gasteiger partial charge in [-0.2, -0.15) is 15.2 Å². The van der Waals surface area contributed by atoms with Gasteiger partial charge in [-0.3, -0.25) is 0 Å². The Morgan fingerprint density at radius 1 is 1.23 bits per heavy atom. The van der Waals surface area contributed by atoms with Crippen molar-refractivity contribution in [2.75, 3.05) is 0 Å². The molecule has 0 aliphatic carbocycles. The fraction of sp³-hybridized carbons (Fsp3) is 0.263. The number of nitrogens with zero attached hydrogens (tertiary/aromatic N) is 5. The molecule has 0 aliphatic rings. The molecule has 2 aromatic heterocycles. The van der Waals surface area contributed by atoms with E-state index in [1.165, 1.54) is 6.08 Å². The molecule has 0 saturated carbocycles. The summed E-state index contributed by atoms with van der Waals surface area (Å²) in [5.41, 5.74) is 3.99. The Morgan fingerprint density at radius 3 is 2.54 bits per heavy atom. The smallest absolute Gasteiger partial charge is 0.252 e. The molecule has 26 heavy (non-hydrogen) atoms. The van der Waals surface area contributed by atoms with Crippen LogP contribution in [0.5, 0.6) is 11.6 Å². The summed E-state index contributed by atoms with van der Waals surface area (Å²) >= 11 is 6.10. The molecule has 0 radical (unpaired) electrons. The number of nitriles is 1. The molecule has 2 heterocycles. The average molecular weight is 368 g/mol. The number of aromatic nitrogens is 4. The Labute approximate surface area is 156 Å². The van der Waals surface area contributed by atoms with Gasteiger partial charge >= 0.3 is 0 Å². The molecular formula is C19H18ClN5O. The second-order valence-electron chi connectivity index (χ2n) is 6.26. The molecule has 0 bridgehead atoms. The molecule has 7 heteroatoms. The van der Waals surface area contributed by atoms with Crippen LogP contribution in [0.3, 0.4) is 0 Å². The molecule has 132 valence electrons. The molecule has 0 unspecified atom stereocenters. The van der Waals surface area contributed by atoms with Crippen molar-refractivity contribution < 1.29 is 4.74 Å². The van der Waals surface area contributed by atoms with Crippen molar-refractivity contribution in [3.05, 3.63) is 46.5 Å². The van der Waals surface area contributed by atoms with E-state index in [9.17, 15) is 0 Å². The van der Waals surface area contributed by atoms with E-state index >= 15 is 0 Å². The molecular weight excluding hydrogens is 350 g/mol. The van der Waals surface area contributed by atoms with Gasteiger partial charge in [0.1, 0.15) is 5.75 Å². The highest BCUT2D eigenvalue weighted by molar-refractivity contribution is 6.28. The van der Waals surface area contributed by atoms with Gasteiger partial charge in [-0.15, -0.1) is 0 Å². The standard InChI is InChI=1S/C19H18ClN5O/c1-11(2)25-10-22-15-17(25)23-19(20)24-18(15)26-16-12(3)8-14(6-5-7-21)9-13(16)4/h5-6,8-11H,1-4H3/b6-5+. The van der Waals surface area contributed by atoms with Crippen LogP contribution >= 0.6 is 11.6 Å². The van der Waals surface area contributed by atoms with Gasteiger partial charge in [-0.1, -0.05) is 0 Å². The predicted octanol–water partition coefficient (Wildman–Crippen LogP) is 5.01. The van der Waals surface area contributed by atoms with Crippen LogP contribution in [0.25, 0.3) is 17.2 Å². The van der Waals surface area contributed by atoms with Crippen LogP contribution in [0.4, 0.5) is 0 Å². The Hall–Kier alpha value is -2.91. The number of hydrogen-bond acceptors (Lipinski definition) is 5. The lowest BCUT2D eigenvalue weighted by atomic mass is 10.1. The van der Waals surface area contributed by atoms with E-state index < -0.39 is 0 Å². The monoisotopic (exact) mass is 367 g/mol. The van der Waals surface area contributed by atoms with E-state index in [2.05, 4.69) is 15.0 Å². The molecule has 0 N–H and O–H groups in total. The number of rotatable bonds is 4. The highest BCUT2D eigenvalue weighted by Gasteiger charge is 2.17. The number of halogens is 1. The van der Waals surface area contributed by atoms with E-state index in [-0.39, 0.29) is 11.3 Å². The van der Waals surface area contributed by atoms with Gasteiger partial charge in [0, 0.05) is 12.1 Å². The number of imidazole rings is 1. The van der Waals surface area contributed by atoms with Crippen LogP contribution in [-0.4, -0.2) is 19.5 Å². The number of fused-ring (bicyclic) bond motifs is 1. The van der Waals surface area contributed by atoms with E-state index in [1.807, 2.05) is 50.5 Å². The van der Waals surface area contributed by atoms with Crippen molar-refractivity contribution in [2.45, 2.75) is 33.7 Å². The lowest BCUT2D eigenvalue weighted by Crippen LogP contribution is -2.01. The van der Waals surface area contributed by atoms with Crippen LogP contribution in [0.2, 0.25) is 5.28 Å². The van der Waals surface area contributed by atoms with Gasteiger partial charge in [0.15, 0.2) is 11.2 Å². The zero-order valence-corrected chi connectivity index (χ0v) is 15.7. The fourth-order valence-corrected chi connectivity index (χ4v) is 2.94. The third-order valence-electron chi connectivity index (χ3n) is 3.95. The van der Waals surface area contributed by atoms with E-state index in [0.29, 0.717) is 22.8 Å². The maximum atomic E-state index is 8.69. The summed E-state index contributed by atoms with van der Waals surface area (Å²) in [7, 11) is 0. The van der Waals surface area contributed by atoms with Crippen LogP contribution < -0.4 is 4.74 Å². The first-order valence-corrected chi connectivity index (χ1v) is 8.54. The Kier molecular flexibility index (Phi) is 4.92. The average Bonchev–Trinajstić information content (AvgIpc) is 3.00. The number of hydrogen-bond donors (Lipinski definition) is 0. The number of allylic oxidation sites excluding steroid dienone is 1. The van der Waals surface area contributed by atoms with Gasteiger partial charge in [0.25, 0.3) is 5.88 Å². The van der Waals surface area contributed by atoms with Crippen LogP contribution in [0.1, 0.15) is 36.6 Å². The Morgan fingerprint density at radius 2 is 1.92 bits per heavy atom. The van der Waals surface area contributed by atoms with Crippen LogP contribution in [-0.2, 0) is 0 Å². The summed E-state index contributed by atoms with van der Waals surface area (Å²) in [5.74, 6) is 1.01. The van der Waals surface area contributed by atoms with Crippen molar-refractivity contribution in [3.63, 3.8) is 0 Å². The topological polar surface area (TPSA) is 76.6 Å². The highest BCUT2D eigenvalue weighted by atomic mass is 35.5. The van der Waals surface area contributed by atoms with Gasteiger partial charge in [0.2, 0.25) is 5.28 Å². The lowest BCUT2D eigenvalue weighted by molar-refractivity contribution is 0.460. The summed E-state index contributed by atoms with van der Waals surface area (Å²) in [4.78, 5) is 12.9. The predicted molar refractivity (Wildman–Crippen MR) is 101 cm³/mol. The quantitative estimate of drug-likeness (QED) is 0.478. The minimum atomic E-state index is 0.110. The summed E-state index contributed by atoms with van der Waals surface area (Å²) < 4.78 is 8.01. The molecule has 0 saturated heterocycles. The summed E-state index contributed by atoms with van der Waals surface area (Å²) in [6.45, 7) is 7.97. The minimum absolute atomic E-state index is 0.110. The molecule has 0 atom stereocenters. The summed E-state index contributed by atoms with van der Waals surface area (Å²) in [6.07, 6.45) is 4.91. The van der Waals surface area contributed by atoms with Gasteiger partial charge in [-0.05, 0) is 74.2 Å². The number of ether oxygens (including phenoxy) is 1. The van der Waals surface area contributed by atoms with Crippen molar-refractivity contribution in [2.24, 2.45) is 0 Å². The van der Waals surface area contributed by atoms with Crippen molar-refractivity contribution in [3.8, 4) is 17.7 Å².